The lowest BCUT2D eigenvalue weighted by molar-refractivity contribution is 0.412. The standard InChI is InChI=1S/C11H12/c1-7-6-9-3-2-8-4-5-10(7)11(8)9/h2-6,8-11H,1H3/t8-,9+,10+,11+/m1/s1. The van der Waals surface area contributed by atoms with Crippen LogP contribution in [-0.4, -0.2) is 0 Å². The molecule has 0 radical (unpaired) electrons. The Morgan fingerprint density at radius 2 is 1.73 bits per heavy atom. The predicted molar refractivity (Wildman–Crippen MR) is 46.0 cm³/mol. The lowest BCUT2D eigenvalue weighted by Crippen LogP contribution is -2.11. The van der Waals surface area contributed by atoms with Crippen LogP contribution in [-0.2, 0) is 0 Å². The van der Waals surface area contributed by atoms with Crippen molar-refractivity contribution >= 4 is 0 Å². The Hall–Kier alpha value is -0.780. The van der Waals surface area contributed by atoms with Gasteiger partial charge in [-0.05, 0) is 24.7 Å². The number of hydrogen-bond acceptors (Lipinski definition) is 0. The molecule has 56 valence electrons. The van der Waals surface area contributed by atoms with Crippen molar-refractivity contribution in [3.05, 3.63) is 36.0 Å². The summed E-state index contributed by atoms with van der Waals surface area (Å²) >= 11 is 0. The van der Waals surface area contributed by atoms with Crippen LogP contribution >= 0.6 is 0 Å². The first-order valence-corrected chi connectivity index (χ1v) is 4.41. The monoisotopic (exact) mass is 144 g/mol. The van der Waals surface area contributed by atoms with Crippen LogP contribution in [0.15, 0.2) is 36.0 Å². The average Bonchev–Trinajstić information content (AvgIpc) is 2.53. The van der Waals surface area contributed by atoms with Crippen LogP contribution in [0.1, 0.15) is 6.92 Å². The van der Waals surface area contributed by atoms with Crippen LogP contribution in [0.5, 0.6) is 0 Å². The van der Waals surface area contributed by atoms with Gasteiger partial charge in [0.15, 0.2) is 0 Å². The third kappa shape index (κ3) is 0.563. The molecule has 0 saturated carbocycles. The van der Waals surface area contributed by atoms with Gasteiger partial charge in [-0.2, -0.15) is 0 Å². The van der Waals surface area contributed by atoms with E-state index >= 15 is 0 Å². The van der Waals surface area contributed by atoms with E-state index < -0.39 is 0 Å². The first-order valence-electron chi connectivity index (χ1n) is 4.41. The van der Waals surface area contributed by atoms with Crippen molar-refractivity contribution in [3.8, 4) is 0 Å². The highest BCUT2D eigenvalue weighted by molar-refractivity contribution is 5.36. The van der Waals surface area contributed by atoms with Gasteiger partial charge >= 0.3 is 0 Å². The van der Waals surface area contributed by atoms with Gasteiger partial charge < -0.3 is 0 Å². The molecule has 0 aromatic carbocycles. The molecule has 0 bridgehead atoms. The van der Waals surface area contributed by atoms with Gasteiger partial charge in [-0.1, -0.05) is 36.0 Å². The molecule has 3 aliphatic rings. The van der Waals surface area contributed by atoms with E-state index in [1.807, 2.05) is 0 Å². The molecule has 0 unspecified atom stereocenters. The van der Waals surface area contributed by atoms with E-state index in [1.165, 1.54) is 0 Å². The summed E-state index contributed by atoms with van der Waals surface area (Å²) in [6.07, 6.45) is 12.0. The molecule has 0 aromatic rings. The van der Waals surface area contributed by atoms with E-state index in [0.29, 0.717) is 0 Å². The SMILES string of the molecule is CC1=C[C@@H]2C=C[C@@H]3C=C[C@@H]1[C@@H]32. The molecule has 0 heteroatoms. The topological polar surface area (TPSA) is 0 Å². The van der Waals surface area contributed by atoms with Gasteiger partial charge in [0.05, 0.1) is 0 Å². The molecule has 11 heavy (non-hydrogen) atoms. The minimum atomic E-state index is 0.763. The second kappa shape index (κ2) is 1.69. The van der Waals surface area contributed by atoms with Crippen molar-refractivity contribution in [2.24, 2.45) is 23.7 Å². The fourth-order valence-corrected chi connectivity index (χ4v) is 2.85. The predicted octanol–water partition coefficient (Wildman–Crippen LogP) is 2.55. The molecule has 0 nitrogen and oxygen atoms in total. The molecule has 0 spiro atoms. The first-order chi connectivity index (χ1) is 5.36. The van der Waals surface area contributed by atoms with E-state index in [4.69, 9.17) is 0 Å². The van der Waals surface area contributed by atoms with Gasteiger partial charge in [0.1, 0.15) is 0 Å². The van der Waals surface area contributed by atoms with Crippen molar-refractivity contribution in [3.63, 3.8) is 0 Å². The second-order valence-electron chi connectivity index (χ2n) is 3.94. The van der Waals surface area contributed by atoms with E-state index in [2.05, 4.69) is 37.3 Å². The Morgan fingerprint density at radius 1 is 1.00 bits per heavy atom. The van der Waals surface area contributed by atoms with E-state index in [1.54, 1.807) is 5.57 Å². The summed E-state index contributed by atoms with van der Waals surface area (Å²) in [5.41, 5.74) is 1.59. The molecule has 0 amide bonds. The molecular weight excluding hydrogens is 132 g/mol. The van der Waals surface area contributed by atoms with Crippen molar-refractivity contribution in [2.75, 3.05) is 0 Å². The van der Waals surface area contributed by atoms with Crippen LogP contribution in [0, 0.1) is 23.7 Å². The lowest BCUT2D eigenvalue weighted by atomic mass is 9.87. The first kappa shape index (κ1) is 5.82. The Labute approximate surface area is 67.3 Å². The van der Waals surface area contributed by atoms with Crippen molar-refractivity contribution < 1.29 is 0 Å². The molecule has 0 saturated heterocycles. The number of hydrogen-bond donors (Lipinski definition) is 0. The Balaban J connectivity index is 2.13. The van der Waals surface area contributed by atoms with E-state index in [-0.39, 0.29) is 0 Å². The molecule has 0 N–H and O–H groups in total. The summed E-state index contributed by atoms with van der Waals surface area (Å²) in [6, 6.07) is 0. The maximum Gasteiger partial charge on any atom is 0.00199 e. The van der Waals surface area contributed by atoms with Gasteiger partial charge in [0, 0.05) is 5.92 Å². The molecule has 0 aromatic heterocycles. The molecule has 0 fully saturated rings. The molecule has 0 heterocycles. The summed E-state index contributed by atoms with van der Waals surface area (Å²) in [5, 5.41) is 0. The summed E-state index contributed by atoms with van der Waals surface area (Å²) in [4.78, 5) is 0. The van der Waals surface area contributed by atoms with Crippen LogP contribution in [0.4, 0.5) is 0 Å². The molecule has 3 aliphatic carbocycles. The zero-order chi connectivity index (χ0) is 7.42. The second-order valence-corrected chi connectivity index (χ2v) is 3.94. The van der Waals surface area contributed by atoms with Gasteiger partial charge in [0.2, 0.25) is 0 Å². The quantitative estimate of drug-likeness (QED) is 0.458. The normalized spacial score (nSPS) is 50.1. The third-order valence-corrected chi connectivity index (χ3v) is 3.38. The maximum atomic E-state index is 2.44. The summed E-state index contributed by atoms with van der Waals surface area (Å²) in [5.74, 6) is 3.19. The highest BCUT2D eigenvalue weighted by atomic mass is 14.5. The Morgan fingerprint density at radius 3 is 2.64 bits per heavy atom. The highest BCUT2D eigenvalue weighted by Crippen LogP contribution is 2.50. The van der Waals surface area contributed by atoms with E-state index in [0.717, 1.165) is 23.7 Å². The zero-order valence-electron chi connectivity index (χ0n) is 6.70. The molecular formula is C11H12. The van der Waals surface area contributed by atoms with Crippen molar-refractivity contribution in [1.29, 1.82) is 0 Å². The van der Waals surface area contributed by atoms with Crippen molar-refractivity contribution in [1.82, 2.24) is 0 Å². The Kier molecular flexibility index (Phi) is 0.892. The van der Waals surface area contributed by atoms with Crippen molar-refractivity contribution in [2.45, 2.75) is 6.92 Å². The lowest BCUT2D eigenvalue weighted by Gasteiger charge is -2.15. The van der Waals surface area contributed by atoms with Crippen LogP contribution in [0.25, 0.3) is 0 Å². The zero-order valence-corrected chi connectivity index (χ0v) is 6.70. The fourth-order valence-electron chi connectivity index (χ4n) is 2.85. The van der Waals surface area contributed by atoms with Gasteiger partial charge in [0.25, 0.3) is 0 Å². The molecule has 0 aliphatic heterocycles. The average molecular weight is 144 g/mol. The molecule has 4 atom stereocenters. The number of rotatable bonds is 0. The summed E-state index contributed by atoms with van der Waals surface area (Å²) < 4.78 is 0. The maximum absolute atomic E-state index is 2.44. The van der Waals surface area contributed by atoms with Gasteiger partial charge in [-0.25, -0.2) is 0 Å². The van der Waals surface area contributed by atoms with Crippen LogP contribution in [0.3, 0.4) is 0 Å². The van der Waals surface area contributed by atoms with Gasteiger partial charge in [-0.3, -0.25) is 0 Å². The van der Waals surface area contributed by atoms with Crippen LogP contribution < -0.4 is 0 Å². The smallest absolute Gasteiger partial charge is 0.00199 e. The van der Waals surface area contributed by atoms with E-state index in [9.17, 15) is 0 Å². The van der Waals surface area contributed by atoms with Crippen LogP contribution in [0.2, 0.25) is 0 Å². The number of allylic oxidation sites excluding steroid dienone is 6. The fraction of sp³-hybridized carbons (Fsp3) is 0.455. The third-order valence-electron chi connectivity index (χ3n) is 3.38. The summed E-state index contributed by atoms with van der Waals surface area (Å²) in [6.45, 7) is 2.27. The largest absolute Gasteiger partial charge is 0.0807 e. The minimum Gasteiger partial charge on any atom is -0.0807 e. The van der Waals surface area contributed by atoms with Gasteiger partial charge in [-0.15, -0.1) is 0 Å². The molecule has 3 rings (SSSR count). The Bertz CT molecular complexity index is 280. The minimum absolute atomic E-state index is 0.763. The summed E-state index contributed by atoms with van der Waals surface area (Å²) in [7, 11) is 0. The highest BCUT2D eigenvalue weighted by Gasteiger charge is 2.42.